The molecule has 2 bridgehead atoms. The molecular formula is C16H15F2N7O2S. The van der Waals surface area contributed by atoms with Crippen molar-refractivity contribution in [2.45, 2.75) is 24.6 Å². The number of nitrogens with zero attached hydrogens (tertiary/aromatic N) is 5. The number of amides is 1. The number of hydrogen-bond donors (Lipinski definition) is 2. The molecule has 0 aliphatic carbocycles. The lowest BCUT2D eigenvalue weighted by Crippen LogP contribution is -2.67. The van der Waals surface area contributed by atoms with E-state index in [1.807, 2.05) is 10.3 Å². The van der Waals surface area contributed by atoms with Gasteiger partial charge < -0.3 is 20.7 Å². The van der Waals surface area contributed by atoms with E-state index < -0.39 is 12.0 Å². The standard InChI is InChI=1S/C16H15F2N7O2S/c17-16(18,14(19)26)27-12-2-1-11(10-6-28-7-20-10)25-13(12)22-15(23-25)24-4-8-3-9(5-24)21-8/h1-2,6-9,21H,3-5H2,(H2,19,26). The number of carbonyl (C=O) groups excluding carboxylic acids is 1. The first-order chi connectivity index (χ1) is 13.4. The zero-order valence-corrected chi connectivity index (χ0v) is 15.2. The van der Waals surface area contributed by atoms with Gasteiger partial charge in [0.2, 0.25) is 11.6 Å². The molecule has 1 amide bonds. The predicted octanol–water partition coefficient (Wildman–Crippen LogP) is 0.860. The average molecular weight is 407 g/mol. The number of alkyl halides is 2. The van der Waals surface area contributed by atoms with Crippen LogP contribution in [0.2, 0.25) is 0 Å². The van der Waals surface area contributed by atoms with Crippen molar-refractivity contribution in [3.05, 3.63) is 23.0 Å². The zero-order valence-electron chi connectivity index (χ0n) is 14.4. The van der Waals surface area contributed by atoms with Crippen molar-refractivity contribution in [3.63, 3.8) is 0 Å². The molecule has 2 unspecified atom stereocenters. The molecule has 28 heavy (non-hydrogen) atoms. The minimum Gasteiger partial charge on any atom is -0.421 e. The fourth-order valence-corrected chi connectivity index (χ4v) is 4.09. The second-order valence-electron chi connectivity index (χ2n) is 6.79. The Bertz CT molecular complexity index is 1040. The highest BCUT2D eigenvalue weighted by atomic mass is 32.1. The van der Waals surface area contributed by atoms with Gasteiger partial charge in [0.05, 0.1) is 16.9 Å². The molecule has 3 aromatic heterocycles. The van der Waals surface area contributed by atoms with Gasteiger partial charge in [0.25, 0.3) is 0 Å². The van der Waals surface area contributed by atoms with Crippen LogP contribution in [0.15, 0.2) is 23.0 Å². The summed E-state index contributed by atoms with van der Waals surface area (Å²) in [7, 11) is 0. The molecule has 3 N–H and O–H groups in total. The average Bonchev–Trinajstić information content (AvgIpc) is 3.31. The van der Waals surface area contributed by atoms with E-state index in [-0.39, 0.29) is 11.4 Å². The summed E-state index contributed by atoms with van der Waals surface area (Å²) in [6, 6.07) is 3.60. The van der Waals surface area contributed by atoms with Gasteiger partial charge in [0.15, 0.2) is 5.75 Å². The number of piperazine rings is 1. The van der Waals surface area contributed by atoms with Gasteiger partial charge in [-0.15, -0.1) is 16.4 Å². The summed E-state index contributed by atoms with van der Waals surface area (Å²) >= 11 is 1.40. The number of fused-ring (bicyclic) bond motifs is 3. The number of anilines is 1. The minimum absolute atomic E-state index is 0.0635. The predicted molar refractivity (Wildman–Crippen MR) is 96.4 cm³/mol. The molecule has 3 aliphatic rings. The summed E-state index contributed by atoms with van der Waals surface area (Å²) in [6.45, 7) is 1.46. The lowest BCUT2D eigenvalue weighted by Gasteiger charge is -2.47. The molecule has 2 atom stereocenters. The third-order valence-corrected chi connectivity index (χ3v) is 5.45. The molecule has 6 heterocycles. The van der Waals surface area contributed by atoms with Crippen LogP contribution < -0.4 is 20.7 Å². The molecule has 9 nitrogen and oxygen atoms in total. The number of primary amides is 1. The molecule has 0 aromatic carbocycles. The van der Waals surface area contributed by atoms with Crippen LogP contribution in [-0.2, 0) is 4.79 Å². The number of hydrogen-bond acceptors (Lipinski definition) is 8. The van der Waals surface area contributed by atoms with E-state index in [0.717, 1.165) is 19.5 Å². The summed E-state index contributed by atoms with van der Waals surface area (Å²) in [5.74, 6) is -1.76. The Kier molecular flexibility index (Phi) is 3.74. The summed E-state index contributed by atoms with van der Waals surface area (Å²) in [6.07, 6.45) is -3.06. The number of nitrogens with two attached hydrogens (primary N) is 1. The van der Waals surface area contributed by atoms with Gasteiger partial charge in [-0.3, -0.25) is 4.79 Å². The summed E-state index contributed by atoms with van der Waals surface area (Å²) in [5, 5.41) is 9.74. The fraction of sp³-hybridized carbons (Fsp3) is 0.375. The van der Waals surface area contributed by atoms with Gasteiger partial charge in [-0.1, -0.05) is 0 Å². The summed E-state index contributed by atoms with van der Waals surface area (Å²) < 4.78 is 33.5. The van der Waals surface area contributed by atoms with Crippen LogP contribution in [0.4, 0.5) is 14.7 Å². The lowest BCUT2D eigenvalue weighted by molar-refractivity contribution is -0.189. The maximum atomic E-state index is 13.8. The molecular weight excluding hydrogens is 392 g/mol. The van der Waals surface area contributed by atoms with Crippen LogP contribution in [0.5, 0.6) is 5.75 Å². The number of thiazole rings is 1. The maximum Gasteiger partial charge on any atom is 0.482 e. The molecule has 3 aromatic rings. The molecule has 0 spiro atoms. The van der Waals surface area contributed by atoms with Crippen LogP contribution >= 0.6 is 11.3 Å². The van der Waals surface area contributed by atoms with Crippen LogP contribution in [-0.4, -0.2) is 56.8 Å². The molecule has 0 radical (unpaired) electrons. The maximum absolute atomic E-state index is 13.8. The van der Waals surface area contributed by atoms with E-state index in [2.05, 4.69) is 25.1 Å². The van der Waals surface area contributed by atoms with Crippen molar-refractivity contribution in [3.8, 4) is 17.1 Å². The third-order valence-electron chi connectivity index (χ3n) is 4.86. The van der Waals surface area contributed by atoms with E-state index in [1.54, 1.807) is 11.6 Å². The fourth-order valence-electron chi connectivity index (χ4n) is 3.54. The number of carbonyl (C=O) groups is 1. The van der Waals surface area contributed by atoms with E-state index in [1.165, 1.54) is 21.9 Å². The summed E-state index contributed by atoms with van der Waals surface area (Å²) in [5.41, 5.74) is 7.66. The molecule has 0 saturated carbocycles. The van der Waals surface area contributed by atoms with Gasteiger partial charge in [-0.05, 0) is 18.6 Å². The number of halogens is 2. The molecule has 3 aliphatic heterocycles. The number of piperidine rings is 1. The molecule has 6 rings (SSSR count). The Hall–Kier alpha value is -2.86. The highest BCUT2D eigenvalue weighted by Crippen LogP contribution is 2.32. The Morgan fingerprint density at radius 1 is 1.36 bits per heavy atom. The van der Waals surface area contributed by atoms with Gasteiger partial charge >= 0.3 is 12.0 Å². The SMILES string of the molecule is NC(=O)C(F)(F)Oc1ccc(-c2cscn2)n2nc(N3CC4CC(C3)N4)nc12. The minimum atomic E-state index is -4.16. The Morgan fingerprint density at radius 3 is 2.75 bits per heavy atom. The topological polar surface area (TPSA) is 111 Å². The Morgan fingerprint density at radius 2 is 2.11 bits per heavy atom. The first-order valence-electron chi connectivity index (χ1n) is 8.57. The van der Waals surface area contributed by atoms with Crippen molar-refractivity contribution >= 4 is 28.8 Å². The molecule has 3 saturated heterocycles. The van der Waals surface area contributed by atoms with E-state index in [9.17, 15) is 13.6 Å². The van der Waals surface area contributed by atoms with Crippen LogP contribution in [0.25, 0.3) is 17.0 Å². The monoisotopic (exact) mass is 407 g/mol. The van der Waals surface area contributed by atoms with Gasteiger partial charge in [0, 0.05) is 30.6 Å². The van der Waals surface area contributed by atoms with E-state index in [0.29, 0.717) is 29.4 Å². The summed E-state index contributed by atoms with van der Waals surface area (Å²) in [4.78, 5) is 21.7. The van der Waals surface area contributed by atoms with Crippen LogP contribution in [0.1, 0.15) is 6.42 Å². The van der Waals surface area contributed by atoms with E-state index in [4.69, 9.17) is 5.73 Å². The second kappa shape index (κ2) is 6.07. The van der Waals surface area contributed by atoms with Crippen LogP contribution in [0.3, 0.4) is 0 Å². The van der Waals surface area contributed by atoms with Gasteiger partial charge in [0.1, 0.15) is 0 Å². The largest absolute Gasteiger partial charge is 0.482 e. The van der Waals surface area contributed by atoms with Gasteiger partial charge in [-0.25, -0.2) is 9.50 Å². The van der Waals surface area contributed by atoms with Crippen molar-refractivity contribution in [2.75, 3.05) is 18.0 Å². The quantitative estimate of drug-likeness (QED) is 0.645. The highest BCUT2D eigenvalue weighted by Gasteiger charge is 2.41. The first-order valence-corrected chi connectivity index (χ1v) is 9.51. The second-order valence-corrected chi connectivity index (χ2v) is 7.51. The number of aromatic nitrogens is 4. The van der Waals surface area contributed by atoms with Crippen molar-refractivity contribution in [2.24, 2.45) is 5.73 Å². The molecule has 146 valence electrons. The number of ether oxygens (including phenoxy) is 1. The number of nitrogens with one attached hydrogen (secondary N) is 1. The zero-order chi connectivity index (χ0) is 19.5. The first kappa shape index (κ1) is 17.3. The normalized spacial score (nSPS) is 21.6. The third kappa shape index (κ3) is 2.76. The number of rotatable bonds is 5. The van der Waals surface area contributed by atoms with E-state index >= 15 is 0 Å². The number of pyridine rings is 1. The van der Waals surface area contributed by atoms with Crippen molar-refractivity contribution in [1.82, 2.24) is 24.9 Å². The molecule has 3 fully saturated rings. The van der Waals surface area contributed by atoms with Crippen molar-refractivity contribution in [1.29, 1.82) is 0 Å². The molecule has 12 heteroatoms. The smallest absolute Gasteiger partial charge is 0.421 e. The Balaban J connectivity index is 1.61. The van der Waals surface area contributed by atoms with Crippen molar-refractivity contribution < 1.29 is 18.3 Å². The highest BCUT2D eigenvalue weighted by molar-refractivity contribution is 7.07. The van der Waals surface area contributed by atoms with Crippen LogP contribution in [0, 0.1) is 0 Å². The lowest BCUT2D eigenvalue weighted by atomic mass is 9.92. The Labute approximate surface area is 161 Å². The van der Waals surface area contributed by atoms with Gasteiger partial charge in [-0.2, -0.15) is 13.8 Å².